The Morgan fingerprint density at radius 1 is 1.30 bits per heavy atom. The zero-order valence-electron chi connectivity index (χ0n) is 11.1. The molecule has 0 unspecified atom stereocenters. The van der Waals surface area contributed by atoms with Crippen LogP contribution in [-0.4, -0.2) is 21.0 Å². The first-order chi connectivity index (χ1) is 9.58. The monoisotopic (exact) mass is 269 g/mol. The molecule has 5 heteroatoms. The van der Waals surface area contributed by atoms with Crippen molar-refractivity contribution in [1.82, 2.24) is 9.97 Å². The lowest BCUT2D eigenvalue weighted by Gasteiger charge is -2.05. The fourth-order valence-corrected chi connectivity index (χ4v) is 1.78. The molecule has 2 rings (SSSR count). The molecule has 102 valence electrons. The topological polar surface area (TPSA) is 89.1 Å². The highest BCUT2D eigenvalue weighted by Gasteiger charge is 2.03. The van der Waals surface area contributed by atoms with Crippen LogP contribution in [0.3, 0.4) is 0 Å². The first-order valence-electron chi connectivity index (χ1n) is 6.23. The molecule has 0 spiro atoms. The normalized spacial score (nSPS) is 10.8. The number of nitrogens with zero attached hydrogens (tertiary/aromatic N) is 2. The first-order valence-corrected chi connectivity index (χ1v) is 6.23. The molecule has 2 aromatic rings. The molecule has 0 aliphatic heterocycles. The number of anilines is 1. The fourth-order valence-electron chi connectivity index (χ4n) is 1.78. The molecular formula is C15H15N3O2. The lowest BCUT2D eigenvalue weighted by molar-refractivity contribution is -0.131. The molecule has 0 radical (unpaired) electrons. The van der Waals surface area contributed by atoms with Crippen molar-refractivity contribution in [3.63, 3.8) is 0 Å². The van der Waals surface area contributed by atoms with Crippen molar-refractivity contribution in [3.8, 4) is 11.3 Å². The number of carboxylic acid groups (broad SMARTS) is 1. The van der Waals surface area contributed by atoms with Crippen molar-refractivity contribution >= 4 is 18.0 Å². The van der Waals surface area contributed by atoms with Gasteiger partial charge in [-0.25, -0.2) is 14.8 Å². The maximum Gasteiger partial charge on any atom is 0.328 e. The Bertz CT molecular complexity index is 649. The number of nitrogen functional groups attached to an aromatic ring is 1. The van der Waals surface area contributed by atoms with Gasteiger partial charge in [0.1, 0.15) is 0 Å². The number of carbonyl (C=O) groups is 1. The molecule has 0 aliphatic carbocycles. The van der Waals surface area contributed by atoms with Gasteiger partial charge in [-0.15, -0.1) is 0 Å². The van der Waals surface area contributed by atoms with Gasteiger partial charge in [-0.2, -0.15) is 0 Å². The highest BCUT2D eigenvalue weighted by atomic mass is 16.4. The SMILES string of the molecule is CCc1cc(-c2ccc(/C=C/C(=O)O)cc2)nc(N)n1. The van der Waals surface area contributed by atoms with Gasteiger partial charge in [-0.1, -0.05) is 31.2 Å². The Balaban J connectivity index is 2.30. The third-order valence-corrected chi connectivity index (χ3v) is 2.78. The van der Waals surface area contributed by atoms with Crippen molar-refractivity contribution in [2.45, 2.75) is 13.3 Å². The van der Waals surface area contributed by atoms with E-state index < -0.39 is 5.97 Å². The van der Waals surface area contributed by atoms with Crippen LogP contribution < -0.4 is 5.73 Å². The third-order valence-electron chi connectivity index (χ3n) is 2.78. The van der Waals surface area contributed by atoms with Crippen LogP contribution in [0.15, 0.2) is 36.4 Å². The number of hydrogen-bond acceptors (Lipinski definition) is 4. The molecule has 1 aromatic carbocycles. The number of carboxylic acids is 1. The van der Waals surface area contributed by atoms with E-state index in [0.717, 1.165) is 35.0 Å². The summed E-state index contributed by atoms with van der Waals surface area (Å²) in [4.78, 5) is 18.8. The summed E-state index contributed by atoms with van der Waals surface area (Å²) in [5.41, 5.74) is 9.07. The average Bonchev–Trinajstić information content (AvgIpc) is 2.45. The van der Waals surface area contributed by atoms with Crippen molar-refractivity contribution in [2.75, 3.05) is 5.73 Å². The minimum atomic E-state index is -0.967. The molecule has 1 aromatic heterocycles. The van der Waals surface area contributed by atoms with E-state index in [9.17, 15) is 4.79 Å². The van der Waals surface area contributed by atoms with Gasteiger partial charge in [0.05, 0.1) is 5.69 Å². The Hall–Kier alpha value is -2.69. The summed E-state index contributed by atoms with van der Waals surface area (Å²) >= 11 is 0. The number of aryl methyl sites for hydroxylation is 1. The highest BCUT2D eigenvalue weighted by Crippen LogP contribution is 2.20. The summed E-state index contributed by atoms with van der Waals surface area (Å²) < 4.78 is 0. The second-order valence-electron chi connectivity index (χ2n) is 4.25. The third kappa shape index (κ3) is 3.41. The zero-order chi connectivity index (χ0) is 14.5. The van der Waals surface area contributed by atoms with E-state index in [1.54, 1.807) is 0 Å². The van der Waals surface area contributed by atoms with Crippen LogP contribution in [0.1, 0.15) is 18.2 Å². The summed E-state index contributed by atoms with van der Waals surface area (Å²) in [6.45, 7) is 2.01. The molecule has 5 nitrogen and oxygen atoms in total. The van der Waals surface area contributed by atoms with Crippen LogP contribution in [0, 0.1) is 0 Å². The van der Waals surface area contributed by atoms with Crippen LogP contribution in [-0.2, 0) is 11.2 Å². The summed E-state index contributed by atoms with van der Waals surface area (Å²) in [5.74, 6) is -0.709. The van der Waals surface area contributed by atoms with Crippen molar-refractivity contribution < 1.29 is 9.90 Å². The molecule has 1 heterocycles. The van der Waals surface area contributed by atoms with E-state index in [1.807, 2.05) is 37.3 Å². The quantitative estimate of drug-likeness (QED) is 0.832. The summed E-state index contributed by atoms with van der Waals surface area (Å²) in [6.07, 6.45) is 3.43. The molecule has 20 heavy (non-hydrogen) atoms. The van der Waals surface area contributed by atoms with Crippen molar-refractivity contribution in [2.24, 2.45) is 0 Å². The number of aromatic nitrogens is 2. The first kappa shape index (κ1) is 13.7. The standard InChI is InChI=1S/C15H15N3O2/c1-2-12-9-13(18-15(16)17-12)11-6-3-10(4-7-11)5-8-14(19)20/h3-9H,2H2,1H3,(H,19,20)(H2,16,17,18)/b8-5+. The summed E-state index contributed by atoms with van der Waals surface area (Å²) in [6, 6.07) is 9.32. The zero-order valence-corrected chi connectivity index (χ0v) is 11.1. The van der Waals surface area contributed by atoms with E-state index in [2.05, 4.69) is 9.97 Å². The Kier molecular flexibility index (Phi) is 4.10. The maximum absolute atomic E-state index is 10.5. The van der Waals surface area contributed by atoms with E-state index in [1.165, 1.54) is 6.08 Å². The van der Waals surface area contributed by atoms with Crippen molar-refractivity contribution in [1.29, 1.82) is 0 Å². The number of aliphatic carboxylic acids is 1. The molecule has 3 N–H and O–H groups in total. The molecule has 0 atom stereocenters. The van der Waals surface area contributed by atoms with Gasteiger partial charge < -0.3 is 10.8 Å². The molecular weight excluding hydrogens is 254 g/mol. The number of hydrogen-bond donors (Lipinski definition) is 2. The average molecular weight is 269 g/mol. The Morgan fingerprint density at radius 3 is 2.60 bits per heavy atom. The predicted octanol–water partition coefficient (Wildman–Crippen LogP) is 2.39. The largest absolute Gasteiger partial charge is 0.478 e. The molecule has 0 saturated heterocycles. The van der Waals surface area contributed by atoms with Crippen LogP contribution in [0.4, 0.5) is 5.95 Å². The van der Waals surface area contributed by atoms with Gasteiger partial charge in [-0.3, -0.25) is 0 Å². The molecule has 0 bridgehead atoms. The van der Waals surface area contributed by atoms with Gasteiger partial charge >= 0.3 is 5.97 Å². The fraction of sp³-hybridized carbons (Fsp3) is 0.133. The summed E-state index contributed by atoms with van der Waals surface area (Å²) in [5, 5.41) is 8.58. The van der Waals surface area contributed by atoms with Gasteiger partial charge in [0.2, 0.25) is 5.95 Å². The summed E-state index contributed by atoms with van der Waals surface area (Å²) in [7, 11) is 0. The maximum atomic E-state index is 10.5. The number of benzene rings is 1. The number of nitrogens with two attached hydrogens (primary N) is 1. The second kappa shape index (κ2) is 5.97. The van der Waals surface area contributed by atoms with Crippen LogP contribution in [0.25, 0.3) is 17.3 Å². The lowest BCUT2D eigenvalue weighted by atomic mass is 10.1. The second-order valence-corrected chi connectivity index (χ2v) is 4.25. The molecule has 0 saturated carbocycles. The number of rotatable bonds is 4. The van der Waals surface area contributed by atoms with Gasteiger partial charge in [0, 0.05) is 17.3 Å². The minimum absolute atomic E-state index is 0.259. The molecule has 0 aliphatic rings. The minimum Gasteiger partial charge on any atom is -0.478 e. The smallest absolute Gasteiger partial charge is 0.328 e. The van der Waals surface area contributed by atoms with Crippen LogP contribution >= 0.6 is 0 Å². The molecule has 0 fully saturated rings. The van der Waals surface area contributed by atoms with Crippen molar-refractivity contribution in [3.05, 3.63) is 47.7 Å². The lowest BCUT2D eigenvalue weighted by Crippen LogP contribution is -2.00. The van der Waals surface area contributed by atoms with E-state index in [-0.39, 0.29) is 5.95 Å². The van der Waals surface area contributed by atoms with E-state index in [4.69, 9.17) is 10.8 Å². The van der Waals surface area contributed by atoms with E-state index >= 15 is 0 Å². The van der Waals surface area contributed by atoms with E-state index in [0.29, 0.717) is 0 Å². The Morgan fingerprint density at radius 2 is 2.00 bits per heavy atom. The Labute approximate surface area is 116 Å². The highest BCUT2D eigenvalue weighted by molar-refractivity contribution is 5.85. The molecule has 0 amide bonds. The van der Waals surface area contributed by atoms with Crippen LogP contribution in [0.2, 0.25) is 0 Å². The van der Waals surface area contributed by atoms with Gasteiger partial charge in [0.25, 0.3) is 0 Å². The van der Waals surface area contributed by atoms with Crippen LogP contribution in [0.5, 0.6) is 0 Å². The van der Waals surface area contributed by atoms with Gasteiger partial charge in [-0.05, 0) is 24.1 Å². The predicted molar refractivity (Wildman–Crippen MR) is 77.9 cm³/mol. The van der Waals surface area contributed by atoms with Gasteiger partial charge in [0.15, 0.2) is 0 Å².